The molecule has 1 aromatic heterocycles. The molecule has 32 heavy (non-hydrogen) atoms. The Hall–Kier alpha value is -3.48. The predicted molar refractivity (Wildman–Crippen MR) is 129 cm³/mol. The summed E-state index contributed by atoms with van der Waals surface area (Å²) in [7, 11) is 0. The molecule has 0 bridgehead atoms. The Morgan fingerprint density at radius 1 is 1.09 bits per heavy atom. The van der Waals surface area contributed by atoms with Gasteiger partial charge < -0.3 is 25.8 Å². The summed E-state index contributed by atoms with van der Waals surface area (Å²) in [6.07, 6.45) is 2.86. The van der Waals surface area contributed by atoms with Crippen LogP contribution in [0.1, 0.15) is 39.2 Å². The molecule has 0 aliphatic heterocycles. The quantitative estimate of drug-likeness (QED) is 0.403. The molecule has 4 N–H and O–H groups in total. The molecule has 0 saturated heterocycles. The third kappa shape index (κ3) is 7.04. The number of nitrogens with zero attached hydrogens (tertiary/aromatic N) is 1. The number of rotatable bonds is 9. The van der Waals surface area contributed by atoms with Crippen LogP contribution < -0.4 is 21.1 Å². The number of hydrogen-bond donors (Lipinski definition) is 3. The van der Waals surface area contributed by atoms with E-state index in [-0.39, 0.29) is 11.6 Å². The van der Waals surface area contributed by atoms with Crippen molar-refractivity contribution in [3.63, 3.8) is 0 Å². The number of benzene rings is 2. The summed E-state index contributed by atoms with van der Waals surface area (Å²) in [6, 6.07) is 15.9. The minimum atomic E-state index is -0.389. The zero-order valence-electron chi connectivity index (χ0n) is 19.0. The van der Waals surface area contributed by atoms with E-state index in [1.54, 1.807) is 6.20 Å². The minimum Gasteiger partial charge on any atom is -0.489 e. The summed E-state index contributed by atoms with van der Waals surface area (Å²) in [6.45, 7) is 7.33. The molecule has 0 unspecified atom stereocenters. The highest BCUT2D eigenvalue weighted by Crippen LogP contribution is 2.30. The second-order valence-electron chi connectivity index (χ2n) is 8.69. The van der Waals surface area contributed by atoms with Gasteiger partial charge in [-0.25, -0.2) is 4.79 Å². The van der Waals surface area contributed by atoms with Crippen LogP contribution in [0.25, 0.3) is 10.9 Å². The first-order valence-corrected chi connectivity index (χ1v) is 10.9. The second-order valence-corrected chi connectivity index (χ2v) is 8.69. The summed E-state index contributed by atoms with van der Waals surface area (Å²) >= 11 is 0. The summed E-state index contributed by atoms with van der Waals surface area (Å²) in [5.41, 5.74) is 9.24. The Balaban J connectivity index is 1.51. The van der Waals surface area contributed by atoms with E-state index in [1.165, 1.54) is 0 Å². The Kier molecular flexibility index (Phi) is 7.76. The van der Waals surface area contributed by atoms with E-state index in [0.29, 0.717) is 25.4 Å². The molecule has 0 aliphatic rings. The van der Waals surface area contributed by atoms with Crippen molar-refractivity contribution >= 4 is 28.4 Å². The number of fused-ring (bicyclic) bond motifs is 1. The number of hydrogen-bond acceptors (Lipinski definition) is 6. The van der Waals surface area contributed by atoms with Gasteiger partial charge in [0.1, 0.15) is 12.4 Å². The lowest BCUT2D eigenvalue weighted by atomic mass is 10.1. The average Bonchev–Trinajstić information content (AvgIpc) is 2.75. The van der Waals surface area contributed by atoms with Gasteiger partial charge >= 0.3 is 6.09 Å². The van der Waals surface area contributed by atoms with Gasteiger partial charge in [-0.05, 0) is 51.3 Å². The highest BCUT2D eigenvalue weighted by molar-refractivity contribution is 5.97. The zero-order valence-corrected chi connectivity index (χ0v) is 19.0. The number of unbranched alkanes of at least 4 members (excludes halogenated alkanes) is 1. The first kappa shape index (κ1) is 23.2. The van der Waals surface area contributed by atoms with Crippen LogP contribution in [-0.4, -0.2) is 29.8 Å². The topological polar surface area (TPSA) is 98.5 Å². The van der Waals surface area contributed by atoms with Crippen molar-refractivity contribution in [1.82, 2.24) is 10.3 Å². The molecule has 170 valence electrons. The lowest BCUT2D eigenvalue weighted by molar-refractivity contribution is 0.136. The van der Waals surface area contributed by atoms with Crippen molar-refractivity contribution < 1.29 is 14.3 Å². The van der Waals surface area contributed by atoms with Crippen molar-refractivity contribution in [3.8, 4) is 5.75 Å². The van der Waals surface area contributed by atoms with Gasteiger partial charge in [-0.3, -0.25) is 4.98 Å². The number of nitrogens with two attached hydrogens (primary N) is 1. The van der Waals surface area contributed by atoms with E-state index in [1.807, 2.05) is 69.3 Å². The van der Waals surface area contributed by atoms with Crippen LogP contribution in [0.4, 0.5) is 16.2 Å². The monoisotopic (exact) mass is 436 g/mol. The van der Waals surface area contributed by atoms with Crippen molar-refractivity contribution in [2.24, 2.45) is 0 Å². The summed E-state index contributed by atoms with van der Waals surface area (Å²) in [5, 5.41) is 7.12. The summed E-state index contributed by atoms with van der Waals surface area (Å²) in [4.78, 5) is 16.1. The predicted octanol–water partition coefficient (Wildman–Crippen LogP) is 5.11. The van der Waals surface area contributed by atoms with Gasteiger partial charge in [-0.15, -0.1) is 0 Å². The van der Waals surface area contributed by atoms with Gasteiger partial charge in [0.15, 0.2) is 0 Å². The number of nitrogen functional groups attached to an aromatic ring is 1. The molecule has 2 aromatic carbocycles. The highest BCUT2D eigenvalue weighted by atomic mass is 16.5. The fraction of sp³-hybridized carbons (Fsp3) is 0.360. The van der Waals surface area contributed by atoms with Crippen molar-refractivity contribution in [3.05, 3.63) is 60.3 Å². The highest BCUT2D eigenvalue weighted by Gasteiger charge is 2.14. The second kappa shape index (κ2) is 10.7. The van der Waals surface area contributed by atoms with Gasteiger partial charge in [-0.1, -0.05) is 30.3 Å². The number of carbonyl (C=O) groups excluding carboxylic acids is 1. The van der Waals surface area contributed by atoms with E-state index in [4.69, 9.17) is 15.2 Å². The lowest BCUT2D eigenvalue weighted by Gasteiger charge is -2.19. The third-order valence-electron chi connectivity index (χ3n) is 4.70. The van der Waals surface area contributed by atoms with Crippen LogP contribution in [0.3, 0.4) is 0 Å². The van der Waals surface area contributed by atoms with E-state index in [0.717, 1.165) is 40.7 Å². The number of nitrogens with one attached hydrogen (secondary N) is 2. The van der Waals surface area contributed by atoms with E-state index in [2.05, 4.69) is 15.6 Å². The molecule has 0 saturated carbocycles. The third-order valence-corrected chi connectivity index (χ3v) is 4.70. The zero-order chi connectivity index (χ0) is 23.0. The van der Waals surface area contributed by atoms with Gasteiger partial charge in [0, 0.05) is 23.5 Å². The van der Waals surface area contributed by atoms with Gasteiger partial charge in [0.2, 0.25) is 0 Å². The van der Waals surface area contributed by atoms with Crippen molar-refractivity contribution in [2.45, 2.75) is 45.8 Å². The van der Waals surface area contributed by atoms with Crippen molar-refractivity contribution in [2.75, 3.05) is 24.2 Å². The first-order valence-electron chi connectivity index (χ1n) is 10.9. The number of ether oxygens (including phenoxy) is 2. The number of amides is 1. The smallest absolute Gasteiger partial charge is 0.407 e. The minimum absolute atomic E-state index is 0.301. The molecule has 3 aromatic rings. The molecule has 1 amide bonds. The van der Waals surface area contributed by atoms with Crippen LogP contribution >= 0.6 is 0 Å². The molecule has 1 heterocycles. The fourth-order valence-corrected chi connectivity index (χ4v) is 3.16. The SMILES string of the molecule is CC(C)(C)NC(=O)OCCCCNc1c(N)cnc2cc(OCc3ccccc3)ccc12. The molecule has 7 heteroatoms. The van der Waals surface area contributed by atoms with E-state index < -0.39 is 0 Å². The van der Waals surface area contributed by atoms with Gasteiger partial charge in [0.25, 0.3) is 0 Å². The number of alkyl carbamates (subject to hydrolysis) is 1. The maximum atomic E-state index is 11.7. The number of carbonyl (C=O) groups is 1. The normalized spacial score (nSPS) is 11.2. The Labute approximate surface area is 189 Å². The van der Waals surface area contributed by atoms with Crippen LogP contribution in [0, 0.1) is 0 Å². The Morgan fingerprint density at radius 3 is 2.62 bits per heavy atom. The van der Waals surface area contributed by atoms with E-state index in [9.17, 15) is 4.79 Å². The number of aromatic nitrogens is 1. The molecule has 0 spiro atoms. The maximum absolute atomic E-state index is 11.7. The molecule has 3 rings (SSSR count). The van der Waals surface area contributed by atoms with Crippen LogP contribution in [0.2, 0.25) is 0 Å². The Morgan fingerprint density at radius 2 is 1.88 bits per heavy atom. The van der Waals surface area contributed by atoms with Crippen LogP contribution in [-0.2, 0) is 11.3 Å². The number of anilines is 2. The molecule has 0 aliphatic carbocycles. The van der Waals surface area contributed by atoms with Crippen LogP contribution in [0.5, 0.6) is 5.75 Å². The van der Waals surface area contributed by atoms with E-state index >= 15 is 0 Å². The number of pyridine rings is 1. The van der Waals surface area contributed by atoms with Gasteiger partial charge in [-0.2, -0.15) is 0 Å². The molecule has 0 fully saturated rings. The summed E-state index contributed by atoms with van der Waals surface area (Å²) in [5.74, 6) is 0.759. The van der Waals surface area contributed by atoms with Crippen LogP contribution in [0.15, 0.2) is 54.7 Å². The molecule has 7 nitrogen and oxygen atoms in total. The standard InChI is InChI=1S/C25H32N4O3/c1-25(2,3)29-24(30)31-14-8-7-13-27-23-20-12-11-19(15-22(20)28-16-21(23)26)32-17-18-9-5-4-6-10-18/h4-6,9-12,15-16H,7-8,13-14,17,26H2,1-3H3,(H,27,28)(H,29,30). The average molecular weight is 437 g/mol. The van der Waals surface area contributed by atoms with Gasteiger partial charge in [0.05, 0.1) is 29.7 Å². The fourth-order valence-electron chi connectivity index (χ4n) is 3.16. The first-order chi connectivity index (χ1) is 15.3. The largest absolute Gasteiger partial charge is 0.489 e. The maximum Gasteiger partial charge on any atom is 0.407 e. The lowest BCUT2D eigenvalue weighted by Crippen LogP contribution is -2.41. The Bertz CT molecular complexity index is 1030. The summed E-state index contributed by atoms with van der Waals surface area (Å²) < 4.78 is 11.1. The molecule has 0 atom stereocenters. The molecular weight excluding hydrogens is 404 g/mol. The molecule has 0 radical (unpaired) electrons. The molecular formula is C25H32N4O3. The van der Waals surface area contributed by atoms with Crippen molar-refractivity contribution in [1.29, 1.82) is 0 Å².